The van der Waals surface area contributed by atoms with Crippen LogP contribution in [-0.4, -0.2) is 23.2 Å². The quantitative estimate of drug-likeness (QED) is 0.365. The van der Waals surface area contributed by atoms with Gasteiger partial charge in [-0.1, -0.05) is 48.0 Å². The van der Waals surface area contributed by atoms with E-state index < -0.39 is 23.2 Å². The van der Waals surface area contributed by atoms with E-state index in [9.17, 15) is 14.7 Å². The van der Waals surface area contributed by atoms with Crippen LogP contribution in [0, 0.1) is 5.41 Å². The summed E-state index contributed by atoms with van der Waals surface area (Å²) in [5, 5.41) is 15.9. The highest BCUT2D eigenvalue weighted by Crippen LogP contribution is 2.47. The first-order valence-corrected chi connectivity index (χ1v) is 9.23. The molecule has 1 heterocycles. The van der Waals surface area contributed by atoms with Crippen LogP contribution in [0.1, 0.15) is 36.1 Å². The molecule has 0 radical (unpaired) electrons. The van der Waals surface area contributed by atoms with E-state index in [1.165, 1.54) is 17.6 Å². The van der Waals surface area contributed by atoms with Gasteiger partial charge in [0, 0.05) is 10.8 Å². The Morgan fingerprint density at radius 1 is 1.27 bits per heavy atom. The Balaban J connectivity index is 1.93. The Morgan fingerprint density at radius 3 is 2.69 bits per heavy atom. The van der Waals surface area contributed by atoms with E-state index >= 15 is 0 Å². The van der Waals surface area contributed by atoms with Gasteiger partial charge in [0.25, 0.3) is 5.91 Å². The molecule has 0 spiro atoms. The van der Waals surface area contributed by atoms with Crippen molar-refractivity contribution in [1.82, 2.24) is 5.43 Å². The van der Waals surface area contributed by atoms with Gasteiger partial charge in [-0.2, -0.15) is 5.10 Å². The number of carbonyl (C=O) groups excluding carboxylic acids is 1. The van der Waals surface area contributed by atoms with Crippen molar-refractivity contribution >= 4 is 29.4 Å². The molecule has 0 saturated carbocycles. The van der Waals surface area contributed by atoms with Crippen molar-refractivity contribution in [3.8, 4) is 0 Å². The number of carbonyl (C=O) groups is 2. The second-order valence-electron chi connectivity index (χ2n) is 6.41. The van der Waals surface area contributed by atoms with Gasteiger partial charge in [0.2, 0.25) is 0 Å². The lowest BCUT2D eigenvalue weighted by molar-refractivity contribution is -0.158. The zero-order valence-electron chi connectivity index (χ0n) is 14.4. The van der Waals surface area contributed by atoms with Crippen molar-refractivity contribution < 1.29 is 14.7 Å². The van der Waals surface area contributed by atoms with E-state index in [2.05, 4.69) is 10.5 Å². The van der Waals surface area contributed by atoms with Crippen molar-refractivity contribution in [3.05, 3.63) is 69.9 Å². The Labute approximate surface area is 156 Å². The number of hydrazone groups is 1. The molecule has 1 aliphatic carbocycles. The van der Waals surface area contributed by atoms with E-state index in [4.69, 9.17) is 0 Å². The van der Waals surface area contributed by atoms with Gasteiger partial charge in [-0.3, -0.25) is 9.59 Å². The highest BCUT2D eigenvalue weighted by atomic mass is 32.1. The number of carboxylic acid groups (broad SMARTS) is 1. The third kappa shape index (κ3) is 3.46. The van der Waals surface area contributed by atoms with Gasteiger partial charge in [-0.15, -0.1) is 11.3 Å². The largest absolute Gasteiger partial charge is 0.480 e. The zero-order valence-corrected chi connectivity index (χ0v) is 15.2. The number of aliphatic carboxylic acids is 1. The van der Waals surface area contributed by atoms with Crippen LogP contribution in [0.3, 0.4) is 0 Å². The molecule has 1 aromatic heterocycles. The SMILES string of the molecule is CC1=CCC(C(=O)O)(C(=O)N/N=C/c2cccs2)C(c2ccccc2)C1. The molecule has 2 N–H and O–H groups in total. The molecular weight excluding hydrogens is 348 g/mol. The van der Waals surface area contributed by atoms with Crippen molar-refractivity contribution in [2.75, 3.05) is 0 Å². The summed E-state index contributed by atoms with van der Waals surface area (Å²) < 4.78 is 0. The van der Waals surface area contributed by atoms with E-state index in [1.807, 2.05) is 60.8 Å². The summed E-state index contributed by atoms with van der Waals surface area (Å²) in [5.74, 6) is -2.16. The summed E-state index contributed by atoms with van der Waals surface area (Å²) in [6.45, 7) is 1.97. The van der Waals surface area contributed by atoms with Gasteiger partial charge in [-0.25, -0.2) is 5.43 Å². The van der Waals surface area contributed by atoms with Gasteiger partial charge in [0.15, 0.2) is 5.41 Å². The minimum Gasteiger partial charge on any atom is -0.480 e. The molecule has 2 aromatic rings. The summed E-state index contributed by atoms with van der Waals surface area (Å²) in [6, 6.07) is 13.1. The lowest BCUT2D eigenvalue weighted by atomic mass is 9.64. The molecule has 2 unspecified atom stereocenters. The normalized spacial score (nSPS) is 22.8. The van der Waals surface area contributed by atoms with Gasteiger partial charge >= 0.3 is 5.97 Å². The van der Waals surface area contributed by atoms with Crippen LogP contribution in [0.5, 0.6) is 0 Å². The van der Waals surface area contributed by atoms with Crippen LogP contribution < -0.4 is 5.43 Å². The number of carboxylic acids is 1. The maximum atomic E-state index is 12.9. The molecule has 5 nitrogen and oxygen atoms in total. The van der Waals surface area contributed by atoms with Crippen LogP contribution >= 0.6 is 11.3 Å². The lowest BCUT2D eigenvalue weighted by Crippen LogP contribution is -2.50. The molecule has 1 aromatic carbocycles. The standard InChI is InChI=1S/C20H20N2O3S/c1-14-9-10-20(19(24)25,17(12-14)15-6-3-2-4-7-15)18(23)22-21-13-16-8-5-11-26-16/h2-9,11,13,17H,10,12H2,1H3,(H,22,23)(H,24,25)/b21-13+. The monoisotopic (exact) mass is 368 g/mol. The number of allylic oxidation sites excluding steroid dienone is 2. The van der Waals surface area contributed by atoms with Gasteiger partial charge < -0.3 is 5.11 Å². The highest BCUT2D eigenvalue weighted by Gasteiger charge is 2.53. The van der Waals surface area contributed by atoms with Gasteiger partial charge in [0.05, 0.1) is 6.21 Å². The van der Waals surface area contributed by atoms with Crippen LogP contribution in [0.25, 0.3) is 0 Å². The predicted octanol–water partition coefficient (Wildman–Crippen LogP) is 3.79. The highest BCUT2D eigenvalue weighted by molar-refractivity contribution is 7.11. The second kappa shape index (κ2) is 7.66. The summed E-state index contributed by atoms with van der Waals surface area (Å²) >= 11 is 1.49. The third-order valence-electron chi connectivity index (χ3n) is 4.78. The number of amides is 1. The fraction of sp³-hybridized carbons (Fsp3) is 0.250. The third-order valence-corrected chi connectivity index (χ3v) is 5.59. The van der Waals surface area contributed by atoms with Crippen molar-refractivity contribution in [1.29, 1.82) is 0 Å². The molecule has 2 atom stereocenters. The maximum absolute atomic E-state index is 12.9. The molecule has 134 valence electrons. The average Bonchev–Trinajstić information content (AvgIpc) is 3.15. The van der Waals surface area contributed by atoms with Crippen LogP contribution in [0.15, 0.2) is 64.6 Å². The van der Waals surface area contributed by atoms with E-state index in [0.29, 0.717) is 6.42 Å². The van der Waals surface area contributed by atoms with Crippen LogP contribution in [0.2, 0.25) is 0 Å². The molecule has 0 aliphatic heterocycles. The first-order chi connectivity index (χ1) is 12.5. The minimum atomic E-state index is -1.58. The Kier molecular flexibility index (Phi) is 5.32. The fourth-order valence-electron chi connectivity index (χ4n) is 3.35. The summed E-state index contributed by atoms with van der Waals surface area (Å²) in [4.78, 5) is 26.1. The number of hydrogen-bond donors (Lipinski definition) is 2. The summed E-state index contributed by atoms with van der Waals surface area (Å²) in [5.41, 5.74) is 2.81. The maximum Gasteiger partial charge on any atom is 0.320 e. The summed E-state index contributed by atoms with van der Waals surface area (Å²) in [6.07, 6.45) is 4.04. The second-order valence-corrected chi connectivity index (χ2v) is 7.39. The summed E-state index contributed by atoms with van der Waals surface area (Å²) in [7, 11) is 0. The Bertz CT molecular complexity index is 843. The smallest absolute Gasteiger partial charge is 0.320 e. The molecule has 1 amide bonds. The fourth-order valence-corrected chi connectivity index (χ4v) is 3.93. The molecule has 3 rings (SSSR count). The Hall–Kier alpha value is -2.73. The molecular formula is C20H20N2O3S. The first-order valence-electron chi connectivity index (χ1n) is 8.35. The number of nitrogens with one attached hydrogen (secondary N) is 1. The number of benzene rings is 1. The van der Waals surface area contributed by atoms with Crippen molar-refractivity contribution in [3.63, 3.8) is 0 Å². The number of hydrogen-bond acceptors (Lipinski definition) is 4. The molecule has 0 saturated heterocycles. The molecule has 0 fully saturated rings. The van der Waals surface area contributed by atoms with E-state index in [-0.39, 0.29) is 6.42 Å². The number of thiophene rings is 1. The average molecular weight is 368 g/mol. The minimum absolute atomic E-state index is 0.147. The predicted molar refractivity (Wildman–Crippen MR) is 102 cm³/mol. The van der Waals surface area contributed by atoms with E-state index in [1.54, 1.807) is 0 Å². The zero-order chi connectivity index (χ0) is 18.6. The molecule has 1 aliphatic rings. The lowest BCUT2D eigenvalue weighted by Gasteiger charge is -2.38. The first kappa shape index (κ1) is 18.1. The number of rotatable bonds is 5. The Morgan fingerprint density at radius 2 is 2.04 bits per heavy atom. The van der Waals surface area contributed by atoms with Crippen molar-refractivity contribution in [2.24, 2.45) is 10.5 Å². The van der Waals surface area contributed by atoms with Gasteiger partial charge in [-0.05, 0) is 36.8 Å². The van der Waals surface area contributed by atoms with Crippen LogP contribution in [0.4, 0.5) is 0 Å². The molecule has 6 heteroatoms. The van der Waals surface area contributed by atoms with Crippen molar-refractivity contribution in [2.45, 2.75) is 25.7 Å². The van der Waals surface area contributed by atoms with Gasteiger partial charge in [0.1, 0.15) is 0 Å². The van der Waals surface area contributed by atoms with Crippen LogP contribution in [-0.2, 0) is 9.59 Å². The number of nitrogens with zero attached hydrogens (tertiary/aromatic N) is 1. The molecule has 0 bridgehead atoms. The van der Waals surface area contributed by atoms with E-state index in [0.717, 1.165) is 16.0 Å². The molecule has 26 heavy (non-hydrogen) atoms. The topological polar surface area (TPSA) is 78.8 Å².